The maximum absolute atomic E-state index is 11.5. The van der Waals surface area contributed by atoms with Gasteiger partial charge in [-0.15, -0.1) is 0 Å². The summed E-state index contributed by atoms with van der Waals surface area (Å²) in [5.74, 6) is -0.205. The van der Waals surface area contributed by atoms with Crippen LogP contribution >= 0.6 is 0 Å². The molecule has 4 aromatic rings. The summed E-state index contributed by atoms with van der Waals surface area (Å²) < 4.78 is 32.3. The Morgan fingerprint density at radius 3 is 2.64 bits per heavy atom. The van der Waals surface area contributed by atoms with Gasteiger partial charge in [0.15, 0.2) is 0 Å². The number of nitrogens with one attached hydrogen (secondary N) is 1. The molecule has 0 bridgehead atoms. The van der Waals surface area contributed by atoms with Crippen LogP contribution < -0.4 is 5.43 Å². The van der Waals surface area contributed by atoms with Crippen LogP contribution in [0.5, 0.6) is 5.75 Å². The Morgan fingerprint density at radius 2 is 1.82 bits per heavy atom. The minimum atomic E-state index is -4.44. The van der Waals surface area contributed by atoms with Gasteiger partial charge in [0.25, 0.3) is 10.1 Å². The van der Waals surface area contributed by atoms with E-state index >= 15 is 0 Å². The Morgan fingerprint density at radius 1 is 1.00 bits per heavy atom. The molecule has 28 heavy (non-hydrogen) atoms. The number of benzene rings is 2. The molecule has 0 atom stereocenters. The largest absolute Gasteiger partial charge is 0.506 e. The van der Waals surface area contributed by atoms with Gasteiger partial charge < -0.3 is 5.11 Å². The normalized spacial score (nSPS) is 12.0. The average Bonchev–Trinajstić information content (AvgIpc) is 2.68. The number of hydrazone groups is 1. The van der Waals surface area contributed by atoms with Crippen LogP contribution in [-0.2, 0) is 10.1 Å². The number of rotatable bonds is 4. The van der Waals surface area contributed by atoms with E-state index < -0.39 is 10.1 Å². The Hall–Kier alpha value is -3.56. The van der Waals surface area contributed by atoms with Crippen LogP contribution in [0.4, 0.5) is 5.69 Å². The molecule has 0 unspecified atom stereocenters. The fourth-order valence-corrected chi connectivity index (χ4v) is 3.53. The maximum Gasteiger partial charge on any atom is 0.295 e. The minimum Gasteiger partial charge on any atom is -0.506 e. The van der Waals surface area contributed by atoms with Crippen LogP contribution in [0.2, 0.25) is 0 Å². The summed E-state index contributed by atoms with van der Waals surface area (Å²) in [6.45, 7) is 0. The first-order valence-electron chi connectivity index (χ1n) is 8.16. The highest BCUT2D eigenvalue weighted by Crippen LogP contribution is 2.28. The van der Waals surface area contributed by atoms with E-state index in [1.165, 1.54) is 24.4 Å². The van der Waals surface area contributed by atoms with Crippen LogP contribution in [0, 0.1) is 0 Å². The Labute approximate surface area is 159 Å². The second-order valence-corrected chi connectivity index (χ2v) is 7.33. The zero-order valence-electron chi connectivity index (χ0n) is 14.3. The molecule has 2 aromatic carbocycles. The molecule has 4 rings (SSSR count). The summed E-state index contributed by atoms with van der Waals surface area (Å²) in [5.41, 5.74) is 4.82. The molecular weight excluding hydrogens is 380 g/mol. The van der Waals surface area contributed by atoms with Crippen molar-refractivity contribution in [3.8, 4) is 5.75 Å². The van der Waals surface area contributed by atoms with Gasteiger partial charge in [0.05, 0.1) is 23.1 Å². The monoisotopic (exact) mass is 394 g/mol. The summed E-state index contributed by atoms with van der Waals surface area (Å²) >= 11 is 0. The summed E-state index contributed by atoms with van der Waals surface area (Å²) in [7, 11) is -4.44. The number of hydrogen-bond acceptors (Lipinski definition) is 7. The molecule has 3 N–H and O–H groups in total. The van der Waals surface area contributed by atoms with E-state index in [0.29, 0.717) is 11.4 Å². The predicted molar refractivity (Wildman–Crippen MR) is 106 cm³/mol. The number of anilines is 1. The van der Waals surface area contributed by atoms with Gasteiger partial charge in [0, 0.05) is 17.0 Å². The smallest absolute Gasteiger partial charge is 0.295 e. The standard InChI is InChI=1S/C19H14N4O4S/c24-16-8-9-17(28(25,26)27)14-7-6-13(22-19(14)16)11-21-23-15-5-1-3-12-4-2-10-20-18(12)15/h1-11,23-24H,(H,25,26,27). The Bertz CT molecular complexity index is 1330. The number of phenolic OH excluding ortho intramolecular Hbond substituents is 1. The van der Waals surface area contributed by atoms with E-state index in [1.54, 1.807) is 6.20 Å². The lowest BCUT2D eigenvalue weighted by Gasteiger charge is -2.06. The Balaban J connectivity index is 1.67. The Kier molecular flexibility index (Phi) is 4.38. The number of fused-ring (bicyclic) bond motifs is 2. The number of aromatic hydroxyl groups is 1. The molecule has 0 aliphatic rings. The molecule has 0 aliphatic heterocycles. The van der Waals surface area contributed by atoms with Crippen LogP contribution in [0.1, 0.15) is 5.69 Å². The number of para-hydroxylation sites is 1. The molecule has 0 saturated heterocycles. The molecule has 8 nitrogen and oxygen atoms in total. The summed E-state index contributed by atoms with van der Waals surface area (Å²) in [5, 5.41) is 15.2. The predicted octanol–water partition coefficient (Wildman–Crippen LogP) is 3.18. The lowest BCUT2D eigenvalue weighted by atomic mass is 10.2. The first-order chi connectivity index (χ1) is 13.4. The zero-order chi connectivity index (χ0) is 19.7. The van der Waals surface area contributed by atoms with Crippen molar-refractivity contribution in [2.75, 3.05) is 5.43 Å². The van der Waals surface area contributed by atoms with Gasteiger partial charge in [0.2, 0.25) is 0 Å². The lowest BCUT2D eigenvalue weighted by Crippen LogP contribution is -2.01. The molecule has 9 heteroatoms. The molecule has 2 aromatic heterocycles. The first-order valence-corrected chi connectivity index (χ1v) is 9.60. The lowest BCUT2D eigenvalue weighted by molar-refractivity contribution is 0.478. The van der Waals surface area contributed by atoms with E-state index in [0.717, 1.165) is 17.0 Å². The minimum absolute atomic E-state index is 0.0471. The fraction of sp³-hybridized carbons (Fsp3) is 0. The highest BCUT2D eigenvalue weighted by Gasteiger charge is 2.16. The number of nitrogens with zero attached hydrogens (tertiary/aromatic N) is 3. The first kappa shape index (κ1) is 17.8. The van der Waals surface area contributed by atoms with Crippen LogP contribution in [0.25, 0.3) is 21.8 Å². The second kappa shape index (κ2) is 6.87. The van der Waals surface area contributed by atoms with Gasteiger partial charge in [-0.1, -0.05) is 18.2 Å². The quantitative estimate of drug-likeness (QED) is 0.276. The van der Waals surface area contributed by atoms with E-state index in [-0.39, 0.29) is 21.5 Å². The second-order valence-electron chi connectivity index (χ2n) is 5.94. The van der Waals surface area contributed by atoms with Gasteiger partial charge in [-0.05, 0) is 36.4 Å². The average molecular weight is 394 g/mol. The van der Waals surface area contributed by atoms with Crippen LogP contribution in [0.15, 0.2) is 70.8 Å². The van der Waals surface area contributed by atoms with Crippen LogP contribution in [0.3, 0.4) is 0 Å². The van der Waals surface area contributed by atoms with E-state index in [1.807, 2.05) is 30.3 Å². The number of phenols is 1. The number of pyridine rings is 2. The molecule has 2 heterocycles. The highest BCUT2D eigenvalue weighted by molar-refractivity contribution is 7.86. The topological polar surface area (TPSA) is 125 Å². The maximum atomic E-state index is 11.5. The van der Waals surface area contributed by atoms with Crippen molar-refractivity contribution in [3.63, 3.8) is 0 Å². The molecular formula is C19H14N4O4S. The van der Waals surface area contributed by atoms with Crippen molar-refractivity contribution < 1.29 is 18.1 Å². The summed E-state index contributed by atoms with van der Waals surface area (Å²) in [6, 6.07) is 14.7. The van der Waals surface area contributed by atoms with Gasteiger partial charge in [-0.2, -0.15) is 13.5 Å². The summed E-state index contributed by atoms with van der Waals surface area (Å²) in [4.78, 5) is 8.22. The zero-order valence-corrected chi connectivity index (χ0v) is 15.1. The molecule has 0 radical (unpaired) electrons. The van der Waals surface area contributed by atoms with E-state index in [9.17, 15) is 18.1 Å². The molecule has 0 fully saturated rings. The van der Waals surface area contributed by atoms with Crippen molar-refractivity contribution in [2.45, 2.75) is 4.90 Å². The van der Waals surface area contributed by atoms with Gasteiger partial charge in [0.1, 0.15) is 16.2 Å². The molecule has 0 saturated carbocycles. The van der Waals surface area contributed by atoms with Crippen molar-refractivity contribution in [1.29, 1.82) is 0 Å². The number of aromatic nitrogens is 2. The van der Waals surface area contributed by atoms with Gasteiger partial charge in [-0.3, -0.25) is 15.0 Å². The summed E-state index contributed by atoms with van der Waals surface area (Å²) in [6.07, 6.45) is 3.12. The SMILES string of the molecule is O=S(=O)(O)c1ccc(O)c2nc(C=NNc3cccc4cccnc34)ccc12. The number of hydrogen-bond donors (Lipinski definition) is 3. The van der Waals surface area contributed by atoms with Crippen molar-refractivity contribution in [3.05, 3.63) is 66.5 Å². The molecule has 0 amide bonds. The molecule has 0 spiro atoms. The van der Waals surface area contributed by atoms with Crippen molar-refractivity contribution in [1.82, 2.24) is 9.97 Å². The van der Waals surface area contributed by atoms with Gasteiger partial charge in [-0.25, -0.2) is 4.98 Å². The molecule has 140 valence electrons. The van der Waals surface area contributed by atoms with E-state index in [4.69, 9.17) is 0 Å². The fourth-order valence-electron chi connectivity index (χ4n) is 2.85. The molecule has 0 aliphatic carbocycles. The van der Waals surface area contributed by atoms with E-state index in [2.05, 4.69) is 20.5 Å². The van der Waals surface area contributed by atoms with Crippen molar-refractivity contribution >= 4 is 43.8 Å². The van der Waals surface area contributed by atoms with Crippen molar-refractivity contribution in [2.24, 2.45) is 5.10 Å². The van der Waals surface area contributed by atoms with Gasteiger partial charge >= 0.3 is 0 Å². The third-order valence-corrected chi connectivity index (χ3v) is 5.02. The third-order valence-electron chi connectivity index (χ3n) is 4.11. The third kappa shape index (κ3) is 3.36. The van der Waals surface area contributed by atoms with Crippen LogP contribution in [-0.4, -0.2) is 34.3 Å². The highest BCUT2D eigenvalue weighted by atomic mass is 32.2.